The van der Waals surface area contributed by atoms with Crippen molar-refractivity contribution in [3.63, 3.8) is 0 Å². The van der Waals surface area contributed by atoms with Crippen LogP contribution in [0.25, 0.3) is 0 Å². The molecule has 0 heterocycles. The number of hydrogen-bond acceptors (Lipinski definition) is 3. The number of benzene rings is 1. The van der Waals surface area contributed by atoms with Gasteiger partial charge in [0.25, 0.3) is 5.91 Å². The Balaban J connectivity index is 2.36. The zero-order valence-electron chi connectivity index (χ0n) is 10.1. The molecule has 0 saturated heterocycles. The number of hydrazine groups is 1. The number of carbonyl (C=O) groups excluding carboxylic acids is 1. The van der Waals surface area contributed by atoms with E-state index in [1.54, 1.807) is 12.1 Å². The summed E-state index contributed by atoms with van der Waals surface area (Å²) in [5.74, 6) is 0.00162. The second-order valence-electron chi connectivity index (χ2n) is 3.40. The van der Waals surface area contributed by atoms with Crippen molar-refractivity contribution in [2.24, 2.45) is 0 Å². The SMILES string of the molecule is CCNC(=S)NNC(=O)COc1ccc(Cl)cc1Cl. The third-order valence-corrected chi connectivity index (χ3v) is 2.68. The number of ether oxygens (including phenoxy) is 1. The molecule has 0 aliphatic heterocycles. The minimum Gasteiger partial charge on any atom is -0.482 e. The van der Waals surface area contributed by atoms with Crippen LogP contribution in [0.2, 0.25) is 10.0 Å². The average molecular weight is 322 g/mol. The third kappa shape index (κ3) is 5.96. The lowest BCUT2D eigenvalue weighted by atomic mass is 10.3. The van der Waals surface area contributed by atoms with Crippen molar-refractivity contribution in [1.29, 1.82) is 0 Å². The fourth-order valence-corrected chi connectivity index (χ4v) is 1.76. The van der Waals surface area contributed by atoms with Gasteiger partial charge in [-0.1, -0.05) is 23.2 Å². The topological polar surface area (TPSA) is 62.4 Å². The molecule has 8 heteroatoms. The maximum atomic E-state index is 11.4. The number of halogens is 2. The summed E-state index contributed by atoms with van der Waals surface area (Å²) in [7, 11) is 0. The molecule has 0 aromatic heterocycles. The Morgan fingerprint density at radius 1 is 1.37 bits per heavy atom. The Labute approximate surface area is 126 Å². The van der Waals surface area contributed by atoms with E-state index in [0.717, 1.165) is 0 Å². The first kappa shape index (κ1) is 15.8. The number of carbonyl (C=O) groups is 1. The van der Waals surface area contributed by atoms with Crippen LogP contribution in [0.3, 0.4) is 0 Å². The van der Waals surface area contributed by atoms with Crippen LogP contribution < -0.4 is 20.9 Å². The van der Waals surface area contributed by atoms with Crippen LogP contribution in [0.5, 0.6) is 5.75 Å². The van der Waals surface area contributed by atoms with Gasteiger partial charge in [-0.2, -0.15) is 0 Å². The van der Waals surface area contributed by atoms with Crippen LogP contribution in [0.15, 0.2) is 18.2 Å². The van der Waals surface area contributed by atoms with E-state index in [-0.39, 0.29) is 12.5 Å². The van der Waals surface area contributed by atoms with E-state index in [9.17, 15) is 4.79 Å². The quantitative estimate of drug-likeness (QED) is 0.584. The molecule has 0 unspecified atom stereocenters. The first-order valence-corrected chi connectivity index (χ1v) is 6.60. The number of hydrogen-bond donors (Lipinski definition) is 3. The number of nitrogens with one attached hydrogen (secondary N) is 3. The molecule has 104 valence electrons. The van der Waals surface area contributed by atoms with Crippen molar-refractivity contribution in [1.82, 2.24) is 16.2 Å². The lowest BCUT2D eigenvalue weighted by molar-refractivity contribution is -0.123. The third-order valence-electron chi connectivity index (χ3n) is 1.91. The van der Waals surface area contributed by atoms with Gasteiger partial charge in [0.15, 0.2) is 11.7 Å². The molecule has 0 aliphatic rings. The van der Waals surface area contributed by atoms with E-state index in [1.165, 1.54) is 6.07 Å². The normalized spacial score (nSPS) is 9.63. The van der Waals surface area contributed by atoms with Crippen molar-refractivity contribution >= 4 is 46.4 Å². The maximum absolute atomic E-state index is 11.4. The molecule has 5 nitrogen and oxygen atoms in total. The molecule has 0 saturated carbocycles. The van der Waals surface area contributed by atoms with Gasteiger partial charge in [-0.25, -0.2) is 0 Å². The molecule has 1 aromatic carbocycles. The Morgan fingerprint density at radius 2 is 2.11 bits per heavy atom. The monoisotopic (exact) mass is 321 g/mol. The molecular weight excluding hydrogens is 309 g/mol. The molecule has 1 amide bonds. The average Bonchev–Trinajstić information content (AvgIpc) is 2.35. The summed E-state index contributed by atoms with van der Waals surface area (Å²) in [4.78, 5) is 11.4. The summed E-state index contributed by atoms with van der Waals surface area (Å²) >= 11 is 16.5. The summed E-state index contributed by atoms with van der Waals surface area (Å²) < 4.78 is 5.24. The molecule has 0 radical (unpaired) electrons. The number of amides is 1. The maximum Gasteiger partial charge on any atom is 0.276 e. The van der Waals surface area contributed by atoms with Gasteiger partial charge < -0.3 is 10.1 Å². The molecule has 3 N–H and O–H groups in total. The second kappa shape index (κ2) is 8.04. The highest BCUT2D eigenvalue weighted by molar-refractivity contribution is 7.80. The summed E-state index contributed by atoms with van der Waals surface area (Å²) in [6.45, 7) is 2.36. The minimum absolute atomic E-state index is 0.191. The zero-order chi connectivity index (χ0) is 14.3. The molecule has 19 heavy (non-hydrogen) atoms. The van der Waals surface area contributed by atoms with Crippen molar-refractivity contribution in [2.45, 2.75) is 6.92 Å². The Kier molecular flexibility index (Phi) is 6.69. The van der Waals surface area contributed by atoms with Gasteiger partial charge in [0.1, 0.15) is 5.75 Å². The number of rotatable bonds is 4. The Morgan fingerprint density at radius 3 is 2.74 bits per heavy atom. The van der Waals surface area contributed by atoms with Crippen LogP contribution >= 0.6 is 35.4 Å². The molecule has 1 aromatic rings. The van der Waals surface area contributed by atoms with Crippen LogP contribution in [-0.4, -0.2) is 24.2 Å². The highest BCUT2D eigenvalue weighted by Gasteiger charge is 2.06. The van der Waals surface area contributed by atoms with E-state index in [2.05, 4.69) is 16.2 Å². The fourth-order valence-electron chi connectivity index (χ4n) is 1.10. The molecule has 0 bridgehead atoms. The van der Waals surface area contributed by atoms with Gasteiger partial charge >= 0.3 is 0 Å². The first-order valence-electron chi connectivity index (χ1n) is 5.43. The molecule has 1 rings (SSSR count). The standard InChI is InChI=1S/C11H13Cl2N3O2S/c1-2-14-11(19)16-15-10(17)6-18-9-4-3-7(12)5-8(9)13/h3-5H,2,6H2,1H3,(H,15,17)(H2,14,16,19). The smallest absolute Gasteiger partial charge is 0.276 e. The van der Waals surface area contributed by atoms with Gasteiger partial charge in [0.2, 0.25) is 0 Å². The zero-order valence-corrected chi connectivity index (χ0v) is 12.5. The first-order chi connectivity index (χ1) is 9.02. The second-order valence-corrected chi connectivity index (χ2v) is 4.65. The van der Waals surface area contributed by atoms with E-state index >= 15 is 0 Å². The van der Waals surface area contributed by atoms with Gasteiger partial charge in [0, 0.05) is 11.6 Å². The van der Waals surface area contributed by atoms with Crippen molar-refractivity contribution in [2.75, 3.05) is 13.2 Å². The Hall–Kier alpha value is -1.24. The molecule has 0 aliphatic carbocycles. The Bertz CT molecular complexity index is 471. The van der Waals surface area contributed by atoms with E-state index in [0.29, 0.717) is 27.5 Å². The lowest BCUT2D eigenvalue weighted by Gasteiger charge is -2.11. The van der Waals surface area contributed by atoms with E-state index in [4.69, 9.17) is 40.2 Å². The van der Waals surface area contributed by atoms with Gasteiger partial charge in [-0.05, 0) is 37.3 Å². The largest absolute Gasteiger partial charge is 0.482 e. The summed E-state index contributed by atoms with van der Waals surface area (Å²) in [5.41, 5.74) is 4.91. The fraction of sp³-hybridized carbons (Fsp3) is 0.273. The van der Waals surface area contributed by atoms with Gasteiger partial charge in [-0.15, -0.1) is 0 Å². The van der Waals surface area contributed by atoms with Crippen LogP contribution in [0, 0.1) is 0 Å². The van der Waals surface area contributed by atoms with Crippen LogP contribution in [-0.2, 0) is 4.79 Å². The highest BCUT2D eigenvalue weighted by Crippen LogP contribution is 2.27. The van der Waals surface area contributed by atoms with Crippen molar-refractivity contribution < 1.29 is 9.53 Å². The summed E-state index contributed by atoms with van der Waals surface area (Å²) in [6, 6.07) is 4.75. The minimum atomic E-state index is -0.383. The predicted octanol–water partition coefficient (Wildman–Crippen LogP) is 1.89. The summed E-state index contributed by atoms with van der Waals surface area (Å²) in [5, 5.41) is 4.00. The predicted molar refractivity (Wildman–Crippen MR) is 79.5 cm³/mol. The summed E-state index contributed by atoms with van der Waals surface area (Å²) in [6.07, 6.45) is 0. The lowest BCUT2D eigenvalue weighted by Crippen LogP contribution is -2.48. The van der Waals surface area contributed by atoms with Crippen molar-refractivity contribution in [3.05, 3.63) is 28.2 Å². The van der Waals surface area contributed by atoms with Gasteiger partial charge in [0.05, 0.1) is 5.02 Å². The van der Waals surface area contributed by atoms with E-state index in [1.807, 2.05) is 6.92 Å². The van der Waals surface area contributed by atoms with Gasteiger partial charge in [-0.3, -0.25) is 15.6 Å². The number of thiocarbonyl (C=S) groups is 1. The molecule has 0 spiro atoms. The molecule has 0 atom stereocenters. The highest BCUT2D eigenvalue weighted by atomic mass is 35.5. The van der Waals surface area contributed by atoms with E-state index < -0.39 is 0 Å². The van der Waals surface area contributed by atoms with Crippen LogP contribution in [0.1, 0.15) is 6.92 Å². The molecular formula is C11H13Cl2N3O2S. The van der Waals surface area contributed by atoms with Crippen LogP contribution in [0.4, 0.5) is 0 Å². The molecule has 0 fully saturated rings. The van der Waals surface area contributed by atoms with Crippen molar-refractivity contribution in [3.8, 4) is 5.75 Å².